The summed E-state index contributed by atoms with van der Waals surface area (Å²) in [5.74, 6) is 1.48. The molecule has 1 aliphatic rings. The molecule has 1 atom stereocenters. The monoisotopic (exact) mass is 314 g/mol. The van der Waals surface area contributed by atoms with Crippen molar-refractivity contribution in [2.24, 2.45) is 5.92 Å². The van der Waals surface area contributed by atoms with Crippen molar-refractivity contribution in [3.05, 3.63) is 30.1 Å². The number of para-hydroxylation sites is 2. The number of hydrogen-bond donors (Lipinski definition) is 0. The van der Waals surface area contributed by atoms with E-state index in [4.69, 9.17) is 4.98 Å². The highest BCUT2D eigenvalue weighted by molar-refractivity contribution is 5.78. The van der Waals surface area contributed by atoms with Gasteiger partial charge >= 0.3 is 0 Å². The van der Waals surface area contributed by atoms with Gasteiger partial charge < -0.3 is 9.47 Å². The number of carbonyl (C=O) groups is 1. The summed E-state index contributed by atoms with van der Waals surface area (Å²) in [5, 5.41) is 0. The SMILES string of the molecule is CCn1c(CN2CCC[C@H](C(=O)N(C)C)C2)nc2ccccc21. The molecule has 124 valence electrons. The highest BCUT2D eigenvalue weighted by Crippen LogP contribution is 2.22. The summed E-state index contributed by atoms with van der Waals surface area (Å²) in [6, 6.07) is 8.29. The fourth-order valence-electron chi connectivity index (χ4n) is 3.56. The van der Waals surface area contributed by atoms with Crippen molar-refractivity contribution in [2.45, 2.75) is 32.9 Å². The van der Waals surface area contributed by atoms with Crippen LogP contribution >= 0.6 is 0 Å². The van der Waals surface area contributed by atoms with Crippen LogP contribution in [-0.2, 0) is 17.9 Å². The molecule has 2 heterocycles. The Bertz CT molecular complexity index is 691. The zero-order valence-electron chi connectivity index (χ0n) is 14.3. The molecule has 2 aromatic rings. The van der Waals surface area contributed by atoms with Gasteiger partial charge in [-0.25, -0.2) is 4.98 Å². The van der Waals surface area contributed by atoms with E-state index in [-0.39, 0.29) is 11.8 Å². The predicted molar refractivity (Wildman–Crippen MR) is 92.1 cm³/mol. The number of rotatable bonds is 4. The van der Waals surface area contributed by atoms with Crippen molar-refractivity contribution in [1.82, 2.24) is 19.4 Å². The van der Waals surface area contributed by atoms with Gasteiger partial charge in [-0.15, -0.1) is 0 Å². The maximum atomic E-state index is 12.2. The number of hydrogen-bond acceptors (Lipinski definition) is 3. The van der Waals surface area contributed by atoms with Crippen LogP contribution in [0.1, 0.15) is 25.6 Å². The lowest BCUT2D eigenvalue weighted by Gasteiger charge is -2.33. The number of imidazole rings is 1. The smallest absolute Gasteiger partial charge is 0.226 e. The van der Waals surface area contributed by atoms with Gasteiger partial charge in [0.25, 0.3) is 0 Å². The molecule has 0 radical (unpaired) electrons. The number of benzene rings is 1. The van der Waals surface area contributed by atoms with Crippen LogP contribution in [0, 0.1) is 5.92 Å². The first-order valence-corrected chi connectivity index (χ1v) is 8.47. The summed E-state index contributed by atoms with van der Waals surface area (Å²) in [5.41, 5.74) is 2.25. The van der Waals surface area contributed by atoms with Crippen molar-refractivity contribution < 1.29 is 4.79 Å². The lowest BCUT2D eigenvalue weighted by molar-refractivity contribution is -0.134. The zero-order chi connectivity index (χ0) is 16.4. The van der Waals surface area contributed by atoms with Gasteiger partial charge in [0.15, 0.2) is 0 Å². The first kappa shape index (κ1) is 16.0. The summed E-state index contributed by atoms with van der Waals surface area (Å²) in [7, 11) is 3.69. The highest BCUT2D eigenvalue weighted by atomic mass is 16.2. The number of fused-ring (bicyclic) bond motifs is 1. The molecule has 1 fully saturated rings. The Balaban J connectivity index is 1.78. The summed E-state index contributed by atoms with van der Waals surface area (Å²) in [4.78, 5) is 21.1. The molecule has 0 unspecified atom stereocenters. The quantitative estimate of drug-likeness (QED) is 0.870. The Morgan fingerprint density at radius 3 is 2.87 bits per heavy atom. The molecule has 0 bridgehead atoms. The van der Waals surface area contributed by atoms with E-state index in [9.17, 15) is 4.79 Å². The lowest BCUT2D eigenvalue weighted by Crippen LogP contribution is -2.42. The first-order chi connectivity index (χ1) is 11.1. The number of aromatic nitrogens is 2. The average Bonchev–Trinajstić information content (AvgIpc) is 2.91. The zero-order valence-corrected chi connectivity index (χ0v) is 14.3. The van der Waals surface area contributed by atoms with Crippen LogP contribution in [0.15, 0.2) is 24.3 Å². The van der Waals surface area contributed by atoms with Gasteiger partial charge in [-0.05, 0) is 38.4 Å². The van der Waals surface area contributed by atoms with Crippen molar-refractivity contribution in [2.75, 3.05) is 27.2 Å². The van der Waals surface area contributed by atoms with Crippen LogP contribution in [0.4, 0.5) is 0 Å². The van der Waals surface area contributed by atoms with Crippen molar-refractivity contribution in [1.29, 1.82) is 0 Å². The van der Waals surface area contributed by atoms with E-state index < -0.39 is 0 Å². The second-order valence-corrected chi connectivity index (χ2v) is 6.57. The topological polar surface area (TPSA) is 41.4 Å². The maximum absolute atomic E-state index is 12.2. The Morgan fingerprint density at radius 2 is 2.13 bits per heavy atom. The molecule has 1 aliphatic heterocycles. The minimum atomic E-state index is 0.123. The summed E-state index contributed by atoms with van der Waals surface area (Å²) < 4.78 is 2.28. The predicted octanol–water partition coefficient (Wildman–Crippen LogP) is 2.36. The van der Waals surface area contributed by atoms with E-state index in [0.717, 1.165) is 50.4 Å². The molecule has 23 heavy (non-hydrogen) atoms. The van der Waals surface area contributed by atoms with Gasteiger partial charge in [-0.1, -0.05) is 12.1 Å². The van der Waals surface area contributed by atoms with Crippen LogP contribution < -0.4 is 0 Å². The van der Waals surface area contributed by atoms with E-state index >= 15 is 0 Å². The number of piperidine rings is 1. The summed E-state index contributed by atoms with van der Waals surface area (Å²) in [6.07, 6.45) is 2.08. The molecule has 5 heteroatoms. The van der Waals surface area contributed by atoms with Gasteiger partial charge in [-0.2, -0.15) is 0 Å². The molecular formula is C18H26N4O. The molecule has 1 aromatic heterocycles. The van der Waals surface area contributed by atoms with Gasteiger partial charge in [0.1, 0.15) is 5.82 Å². The normalized spacial score (nSPS) is 19.2. The molecule has 0 N–H and O–H groups in total. The van der Waals surface area contributed by atoms with Crippen LogP contribution in [0.25, 0.3) is 11.0 Å². The molecule has 3 rings (SSSR count). The number of aryl methyl sites for hydroxylation is 1. The average molecular weight is 314 g/mol. The van der Waals surface area contributed by atoms with Crippen LogP contribution in [0.2, 0.25) is 0 Å². The van der Waals surface area contributed by atoms with E-state index in [2.05, 4.69) is 34.6 Å². The standard InChI is InChI=1S/C18H26N4O/c1-4-22-16-10-6-5-9-15(16)19-17(22)13-21-11-7-8-14(12-21)18(23)20(2)3/h5-6,9-10,14H,4,7-8,11-13H2,1-3H3/t14-/m0/s1. The van der Waals surface area contributed by atoms with Crippen molar-refractivity contribution in [3.8, 4) is 0 Å². The third-order valence-corrected chi connectivity index (χ3v) is 4.71. The third-order valence-electron chi connectivity index (χ3n) is 4.71. The van der Waals surface area contributed by atoms with E-state index in [0.29, 0.717) is 0 Å². The van der Waals surface area contributed by atoms with E-state index in [1.165, 1.54) is 5.52 Å². The summed E-state index contributed by atoms with van der Waals surface area (Å²) in [6.45, 7) is 5.78. The fourth-order valence-corrected chi connectivity index (χ4v) is 3.56. The van der Waals surface area contributed by atoms with Crippen LogP contribution in [-0.4, -0.2) is 52.4 Å². The number of amides is 1. The first-order valence-electron chi connectivity index (χ1n) is 8.47. The van der Waals surface area contributed by atoms with Gasteiger partial charge in [0.05, 0.1) is 23.5 Å². The van der Waals surface area contributed by atoms with E-state index in [1.54, 1.807) is 4.90 Å². The number of nitrogens with zero attached hydrogens (tertiary/aromatic N) is 4. The number of likely N-dealkylation sites (tertiary alicyclic amines) is 1. The second-order valence-electron chi connectivity index (χ2n) is 6.57. The Labute approximate surface area is 137 Å². The molecule has 0 aliphatic carbocycles. The summed E-state index contributed by atoms with van der Waals surface area (Å²) >= 11 is 0. The van der Waals surface area contributed by atoms with Crippen LogP contribution in [0.3, 0.4) is 0 Å². The highest BCUT2D eigenvalue weighted by Gasteiger charge is 2.27. The largest absolute Gasteiger partial charge is 0.349 e. The van der Waals surface area contributed by atoms with Gasteiger partial charge in [0.2, 0.25) is 5.91 Å². The van der Waals surface area contributed by atoms with Gasteiger partial charge in [-0.3, -0.25) is 9.69 Å². The molecule has 5 nitrogen and oxygen atoms in total. The number of carbonyl (C=O) groups excluding carboxylic acids is 1. The minimum Gasteiger partial charge on any atom is -0.349 e. The van der Waals surface area contributed by atoms with E-state index in [1.807, 2.05) is 20.2 Å². The molecule has 0 spiro atoms. The molecule has 1 aromatic carbocycles. The third kappa shape index (κ3) is 3.24. The van der Waals surface area contributed by atoms with Crippen molar-refractivity contribution >= 4 is 16.9 Å². The second kappa shape index (κ2) is 6.71. The Hall–Kier alpha value is -1.88. The molecular weight excluding hydrogens is 288 g/mol. The Kier molecular flexibility index (Phi) is 4.66. The van der Waals surface area contributed by atoms with Crippen molar-refractivity contribution in [3.63, 3.8) is 0 Å². The Morgan fingerprint density at radius 1 is 1.35 bits per heavy atom. The molecule has 1 amide bonds. The maximum Gasteiger partial charge on any atom is 0.226 e. The molecule has 1 saturated heterocycles. The molecule has 0 saturated carbocycles. The fraction of sp³-hybridized carbons (Fsp3) is 0.556. The van der Waals surface area contributed by atoms with Crippen LogP contribution in [0.5, 0.6) is 0 Å². The van der Waals surface area contributed by atoms with Gasteiger partial charge in [0, 0.05) is 27.2 Å². The minimum absolute atomic E-state index is 0.123. The lowest BCUT2D eigenvalue weighted by atomic mass is 9.97.